The molecule has 100 valence electrons. The molecule has 0 aliphatic heterocycles. The van der Waals surface area contributed by atoms with Gasteiger partial charge in [0.2, 0.25) is 0 Å². The molecule has 0 fully saturated rings. The number of hydrogen-bond acceptors (Lipinski definition) is 4. The number of hydrogen-bond donors (Lipinski definition) is 2. The first kappa shape index (κ1) is 13.5. The van der Waals surface area contributed by atoms with Crippen LogP contribution >= 0.6 is 0 Å². The van der Waals surface area contributed by atoms with E-state index < -0.39 is 5.60 Å². The lowest BCUT2D eigenvalue weighted by Crippen LogP contribution is -2.33. The summed E-state index contributed by atoms with van der Waals surface area (Å²) in [5, 5.41) is 10.8. The van der Waals surface area contributed by atoms with Crippen molar-refractivity contribution in [2.75, 3.05) is 19.5 Å². The fourth-order valence-corrected chi connectivity index (χ4v) is 2.17. The van der Waals surface area contributed by atoms with Crippen LogP contribution in [0.4, 0.5) is 5.82 Å². The number of rotatable bonds is 5. The van der Waals surface area contributed by atoms with Gasteiger partial charge in [0.05, 0.1) is 6.61 Å². The van der Waals surface area contributed by atoms with Crippen LogP contribution in [0.2, 0.25) is 0 Å². The van der Waals surface area contributed by atoms with Crippen molar-refractivity contribution in [2.45, 2.75) is 12.0 Å². The van der Waals surface area contributed by atoms with Crippen molar-refractivity contribution < 1.29 is 9.84 Å². The van der Waals surface area contributed by atoms with Crippen molar-refractivity contribution in [2.24, 2.45) is 0 Å². The highest BCUT2D eigenvalue weighted by Gasteiger charge is 2.29. The van der Waals surface area contributed by atoms with Crippen molar-refractivity contribution >= 4 is 5.82 Å². The zero-order chi connectivity index (χ0) is 13.7. The third-order valence-electron chi connectivity index (χ3n) is 3.04. The van der Waals surface area contributed by atoms with Gasteiger partial charge in [-0.3, -0.25) is 0 Å². The summed E-state index contributed by atoms with van der Waals surface area (Å²) in [5.74, 6) is 0.449. The van der Waals surface area contributed by atoms with E-state index in [2.05, 4.69) is 4.98 Å². The van der Waals surface area contributed by atoms with E-state index in [1.807, 2.05) is 36.4 Å². The maximum atomic E-state index is 10.8. The van der Waals surface area contributed by atoms with E-state index in [4.69, 9.17) is 10.5 Å². The second-order valence-electron chi connectivity index (χ2n) is 4.60. The summed E-state index contributed by atoms with van der Waals surface area (Å²) in [6.07, 6.45) is 2.07. The van der Waals surface area contributed by atoms with Crippen LogP contribution in [-0.4, -0.2) is 23.8 Å². The molecule has 3 N–H and O–H groups in total. The van der Waals surface area contributed by atoms with Crippen LogP contribution in [0.15, 0.2) is 48.7 Å². The zero-order valence-corrected chi connectivity index (χ0v) is 10.9. The fourth-order valence-electron chi connectivity index (χ4n) is 2.17. The first-order valence-electron chi connectivity index (χ1n) is 6.11. The van der Waals surface area contributed by atoms with Gasteiger partial charge in [0.15, 0.2) is 0 Å². The molecule has 0 saturated heterocycles. The maximum absolute atomic E-state index is 10.8. The van der Waals surface area contributed by atoms with Gasteiger partial charge in [-0.05, 0) is 23.3 Å². The second kappa shape index (κ2) is 5.82. The van der Waals surface area contributed by atoms with Gasteiger partial charge in [-0.15, -0.1) is 0 Å². The molecule has 4 nitrogen and oxygen atoms in total. The molecule has 1 aromatic carbocycles. The molecule has 0 aliphatic rings. The normalized spacial score (nSPS) is 14.0. The lowest BCUT2D eigenvalue weighted by atomic mass is 9.88. The topological polar surface area (TPSA) is 68.4 Å². The number of aliphatic hydroxyl groups is 1. The van der Waals surface area contributed by atoms with Gasteiger partial charge < -0.3 is 15.6 Å². The zero-order valence-electron chi connectivity index (χ0n) is 10.9. The number of methoxy groups -OCH3 is 1. The first-order valence-corrected chi connectivity index (χ1v) is 6.11. The van der Waals surface area contributed by atoms with E-state index in [0.717, 1.165) is 11.1 Å². The number of nitrogen functional groups attached to an aromatic ring is 1. The van der Waals surface area contributed by atoms with Crippen molar-refractivity contribution in [3.8, 4) is 0 Å². The minimum atomic E-state index is -1.07. The first-order chi connectivity index (χ1) is 9.14. The fraction of sp³-hybridized carbons (Fsp3) is 0.267. The molecule has 1 unspecified atom stereocenters. The molecule has 0 radical (unpaired) electrons. The Hall–Kier alpha value is -1.91. The maximum Gasteiger partial charge on any atom is 0.123 e. The summed E-state index contributed by atoms with van der Waals surface area (Å²) in [6, 6.07) is 13.1. The number of ether oxygens (including phenoxy) is 1. The van der Waals surface area contributed by atoms with E-state index in [1.54, 1.807) is 19.4 Å². The second-order valence-corrected chi connectivity index (χ2v) is 4.60. The average molecular weight is 258 g/mol. The lowest BCUT2D eigenvalue weighted by molar-refractivity contribution is -0.0355. The molecule has 0 aliphatic carbocycles. The van der Waals surface area contributed by atoms with Crippen LogP contribution in [-0.2, 0) is 16.8 Å². The van der Waals surface area contributed by atoms with Gasteiger partial charge in [0.1, 0.15) is 11.4 Å². The highest BCUT2D eigenvalue weighted by molar-refractivity contribution is 5.34. The smallest absolute Gasteiger partial charge is 0.123 e. The highest BCUT2D eigenvalue weighted by atomic mass is 16.5. The Balaban J connectivity index is 2.30. The third kappa shape index (κ3) is 3.30. The predicted molar refractivity (Wildman–Crippen MR) is 74.6 cm³/mol. The van der Waals surface area contributed by atoms with Gasteiger partial charge >= 0.3 is 0 Å². The molecule has 0 saturated carbocycles. The Morgan fingerprint density at radius 3 is 2.63 bits per heavy atom. The van der Waals surface area contributed by atoms with E-state index >= 15 is 0 Å². The van der Waals surface area contributed by atoms with Crippen LogP contribution in [0.1, 0.15) is 11.1 Å². The highest BCUT2D eigenvalue weighted by Crippen LogP contribution is 2.26. The summed E-state index contributed by atoms with van der Waals surface area (Å²) in [6.45, 7) is 0.221. The third-order valence-corrected chi connectivity index (χ3v) is 3.04. The van der Waals surface area contributed by atoms with E-state index in [1.165, 1.54) is 0 Å². The molecular weight excluding hydrogens is 240 g/mol. The van der Waals surface area contributed by atoms with Crippen LogP contribution < -0.4 is 5.73 Å². The molecule has 2 aromatic rings. The van der Waals surface area contributed by atoms with Gasteiger partial charge in [0.25, 0.3) is 0 Å². The average Bonchev–Trinajstić information content (AvgIpc) is 2.40. The molecule has 1 heterocycles. The van der Waals surface area contributed by atoms with Gasteiger partial charge in [-0.1, -0.05) is 30.3 Å². The molecule has 1 aromatic heterocycles. The summed E-state index contributed by atoms with van der Waals surface area (Å²) in [4.78, 5) is 3.95. The molecule has 0 bridgehead atoms. The largest absolute Gasteiger partial charge is 0.384 e. The Morgan fingerprint density at radius 2 is 2.00 bits per heavy atom. The summed E-state index contributed by atoms with van der Waals surface area (Å²) < 4.78 is 5.17. The number of anilines is 1. The van der Waals surface area contributed by atoms with Crippen molar-refractivity contribution in [3.63, 3.8) is 0 Å². The van der Waals surface area contributed by atoms with Gasteiger partial charge in [-0.25, -0.2) is 4.98 Å². The summed E-state index contributed by atoms with van der Waals surface area (Å²) >= 11 is 0. The van der Waals surface area contributed by atoms with E-state index in [-0.39, 0.29) is 6.61 Å². The Bertz CT molecular complexity index is 531. The molecule has 1 atom stereocenters. The van der Waals surface area contributed by atoms with Gasteiger partial charge in [0, 0.05) is 19.7 Å². The monoisotopic (exact) mass is 258 g/mol. The van der Waals surface area contributed by atoms with Gasteiger partial charge in [-0.2, -0.15) is 0 Å². The summed E-state index contributed by atoms with van der Waals surface area (Å²) in [5.41, 5.74) is 6.35. The molecular formula is C15H18N2O2. The number of benzene rings is 1. The number of aromatic nitrogens is 1. The molecule has 0 spiro atoms. The standard InChI is InChI=1S/C15H18N2O2/c1-19-11-15(18,13-5-3-2-4-6-13)10-12-7-8-17-14(16)9-12/h2-9,18H,10-11H2,1H3,(H2,16,17). The Labute approximate surface area is 112 Å². The number of nitrogens with two attached hydrogens (primary N) is 1. The number of nitrogens with zero attached hydrogens (tertiary/aromatic N) is 1. The number of pyridine rings is 1. The molecule has 0 amide bonds. The van der Waals surface area contributed by atoms with Crippen LogP contribution in [0.25, 0.3) is 0 Å². The quantitative estimate of drug-likeness (QED) is 0.857. The van der Waals surface area contributed by atoms with Crippen LogP contribution in [0.5, 0.6) is 0 Å². The predicted octanol–water partition coefficient (Wildman–Crippen LogP) is 1.74. The van der Waals surface area contributed by atoms with Crippen molar-refractivity contribution in [3.05, 3.63) is 59.8 Å². The molecule has 4 heteroatoms. The van der Waals surface area contributed by atoms with Crippen LogP contribution in [0, 0.1) is 0 Å². The lowest BCUT2D eigenvalue weighted by Gasteiger charge is -2.28. The van der Waals surface area contributed by atoms with Crippen molar-refractivity contribution in [1.82, 2.24) is 4.98 Å². The Morgan fingerprint density at radius 1 is 1.26 bits per heavy atom. The minimum absolute atomic E-state index is 0.221. The minimum Gasteiger partial charge on any atom is -0.384 e. The van der Waals surface area contributed by atoms with E-state index in [9.17, 15) is 5.11 Å². The van der Waals surface area contributed by atoms with Crippen molar-refractivity contribution in [1.29, 1.82) is 0 Å². The summed E-state index contributed by atoms with van der Waals surface area (Å²) in [7, 11) is 1.58. The van der Waals surface area contributed by atoms with E-state index in [0.29, 0.717) is 12.2 Å². The SMILES string of the molecule is COCC(O)(Cc1ccnc(N)c1)c1ccccc1. The van der Waals surface area contributed by atoms with Crippen LogP contribution in [0.3, 0.4) is 0 Å². The molecule has 19 heavy (non-hydrogen) atoms. The molecule has 2 rings (SSSR count). The Kier molecular flexibility index (Phi) is 4.14.